The highest BCUT2D eigenvalue weighted by molar-refractivity contribution is 7.15. The van der Waals surface area contributed by atoms with Gasteiger partial charge in [0.15, 0.2) is 0 Å². The smallest absolute Gasteiger partial charge is 0.135 e. The summed E-state index contributed by atoms with van der Waals surface area (Å²) in [5.41, 5.74) is 6.58. The van der Waals surface area contributed by atoms with Gasteiger partial charge in [-0.15, -0.1) is 11.3 Å². The number of fused-ring (bicyclic) bond motifs is 1. The largest absolute Gasteiger partial charge is 0.324 e. The maximum atomic E-state index is 13.8. The van der Waals surface area contributed by atoms with Gasteiger partial charge in [0.25, 0.3) is 0 Å². The topological polar surface area (TPSA) is 43.3 Å². The molecule has 92 valence electrons. The van der Waals surface area contributed by atoms with Crippen molar-refractivity contribution in [2.75, 3.05) is 0 Å². The summed E-state index contributed by atoms with van der Waals surface area (Å²) in [6, 6.07) is 3.53. The molecule has 6 heteroatoms. The Morgan fingerprint density at radius 1 is 1.33 bits per heavy atom. The van der Waals surface area contributed by atoms with Crippen molar-refractivity contribution < 1.29 is 8.78 Å². The van der Waals surface area contributed by atoms with E-state index < -0.39 is 11.6 Å². The number of benzene rings is 1. The summed E-state index contributed by atoms with van der Waals surface area (Å²) >= 11 is 1.44. The van der Waals surface area contributed by atoms with Crippen molar-refractivity contribution in [3.8, 4) is 11.3 Å². The SMILES string of the molecule is NCc1ncc2scc(-c3ccc(F)cc3F)n12. The average molecular weight is 265 g/mol. The molecule has 1 aromatic carbocycles. The van der Waals surface area contributed by atoms with Crippen molar-refractivity contribution in [2.45, 2.75) is 6.54 Å². The highest BCUT2D eigenvalue weighted by atomic mass is 32.1. The van der Waals surface area contributed by atoms with Gasteiger partial charge in [-0.3, -0.25) is 4.40 Å². The first-order chi connectivity index (χ1) is 8.70. The fourth-order valence-electron chi connectivity index (χ4n) is 1.91. The first-order valence-electron chi connectivity index (χ1n) is 5.30. The molecule has 2 aromatic heterocycles. The number of rotatable bonds is 2. The van der Waals surface area contributed by atoms with E-state index in [9.17, 15) is 8.78 Å². The number of nitrogens with two attached hydrogens (primary N) is 1. The van der Waals surface area contributed by atoms with Crippen molar-refractivity contribution in [3.05, 3.63) is 47.2 Å². The quantitative estimate of drug-likeness (QED) is 0.774. The van der Waals surface area contributed by atoms with Crippen molar-refractivity contribution in [1.82, 2.24) is 9.38 Å². The molecule has 0 amide bonds. The van der Waals surface area contributed by atoms with Gasteiger partial charge < -0.3 is 5.73 Å². The Labute approximate surface area is 106 Å². The summed E-state index contributed by atoms with van der Waals surface area (Å²) < 4.78 is 28.5. The minimum absolute atomic E-state index is 0.265. The van der Waals surface area contributed by atoms with Crippen molar-refractivity contribution >= 4 is 16.2 Å². The van der Waals surface area contributed by atoms with E-state index in [1.54, 1.807) is 10.6 Å². The van der Waals surface area contributed by atoms with Crippen LogP contribution < -0.4 is 5.73 Å². The van der Waals surface area contributed by atoms with Gasteiger partial charge in [0.05, 0.1) is 18.4 Å². The summed E-state index contributed by atoms with van der Waals surface area (Å²) in [5, 5.41) is 1.81. The van der Waals surface area contributed by atoms with Gasteiger partial charge in [-0.2, -0.15) is 0 Å². The molecule has 3 aromatic rings. The van der Waals surface area contributed by atoms with Crippen LogP contribution in [0.3, 0.4) is 0 Å². The van der Waals surface area contributed by atoms with Gasteiger partial charge >= 0.3 is 0 Å². The van der Waals surface area contributed by atoms with E-state index in [4.69, 9.17) is 5.73 Å². The molecule has 3 nitrogen and oxygen atoms in total. The second kappa shape index (κ2) is 4.15. The zero-order valence-electron chi connectivity index (χ0n) is 9.23. The van der Waals surface area contributed by atoms with Crippen LogP contribution in [-0.4, -0.2) is 9.38 Å². The third kappa shape index (κ3) is 1.61. The van der Waals surface area contributed by atoms with Crippen LogP contribution in [0.1, 0.15) is 5.82 Å². The normalized spacial score (nSPS) is 11.3. The van der Waals surface area contributed by atoms with Gasteiger partial charge in [-0.25, -0.2) is 13.8 Å². The molecule has 0 radical (unpaired) electrons. The maximum absolute atomic E-state index is 13.8. The van der Waals surface area contributed by atoms with Crippen LogP contribution in [0.5, 0.6) is 0 Å². The monoisotopic (exact) mass is 265 g/mol. The van der Waals surface area contributed by atoms with E-state index in [0.29, 0.717) is 17.1 Å². The molecule has 18 heavy (non-hydrogen) atoms. The fourth-order valence-corrected chi connectivity index (χ4v) is 2.79. The van der Waals surface area contributed by atoms with Gasteiger partial charge in [0.1, 0.15) is 22.3 Å². The lowest BCUT2D eigenvalue weighted by molar-refractivity contribution is 0.585. The zero-order valence-corrected chi connectivity index (χ0v) is 10.0. The Kier molecular flexibility index (Phi) is 2.61. The molecular formula is C12H9F2N3S. The standard InChI is InChI=1S/C12H9F2N3S/c13-7-1-2-8(9(14)3-7)10-6-18-12-5-16-11(4-15)17(10)12/h1-3,5-6H,4,15H2. The van der Waals surface area contributed by atoms with E-state index in [0.717, 1.165) is 10.9 Å². The zero-order chi connectivity index (χ0) is 12.7. The molecule has 0 aliphatic rings. The average Bonchev–Trinajstić information content (AvgIpc) is 2.90. The molecule has 2 N–H and O–H groups in total. The number of thiazole rings is 1. The van der Waals surface area contributed by atoms with E-state index in [1.165, 1.54) is 23.5 Å². The molecular weight excluding hydrogens is 256 g/mol. The van der Waals surface area contributed by atoms with Crippen LogP contribution in [-0.2, 0) is 6.54 Å². The lowest BCUT2D eigenvalue weighted by Crippen LogP contribution is -2.03. The predicted octanol–water partition coefficient (Wildman–Crippen LogP) is 2.80. The molecule has 0 bridgehead atoms. The van der Waals surface area contributed by atoms with Crippen LogP contribution >= 0.6 is 11.3 Å². The minimum atomic E-state index is -0.591. The summed E-state index contributed by atoms with van der Waals surface area (Å²) in [7, 11) is 0. The molecule has 0 unspecified atom stereocenters. The van der Waals surface area contributed by atoms with Crippen LogP contribution in [0.25, 0.3) is 16.1 Å². The third-order valence-corrected chi connectivity index (χ3v) is 3.59. The highest BCUT2D eigenvalue weighted by Gasteiger charge is 2.14. The number of hydrogen-bond acceptors (Lipinski definition) is 3. The Morgan fingerprint density at radius 3 is 2.89 bits per heavy atom. The second-order valence-electron chi connectivity index (χ2n) is 3.80. The Hall–Kier alpha value is -1.79. The van der Waals surface area contributed by atoms with E-state index in [2.05, 4.69) is 4.98 Å². The number of nitrogens with zero attached hydrogens (tertiary/aromatic N) is 2. The number of imidazole rings is 1. The lowest BCUT2D eigenvalue weighted by Gasteiger charge is -2.04. The molecule has 0 saturated heterocycles. The van der Waals surface area contributed by atoms with Gasteiger partial charge in [0.2, 0.25) is 0 Å². The van der Waals surface area contributed by atoms with Crippen LogP contribution in [0.2, 0.25) is 0 Å². The van der Waals surface area contributed by atoms with Crippen molar-refractivity contribution in [1.29, 1.82) is 0 Å². The fraction of sp³-hybridized carbons (Fsp3) is 0.0833. The Balaban J connectivity index is 2.27. The summed E-state index contributed by atoms with van der Waals surface area (Å²) in [4.78, 5) is 5.04. The first-order valence-corrected chi connectivity index (χ1v) is 6.18. The first kappa shape index (κ1) is 11.3. The lowest BCUT2D eigenvalue weighted by atomic mass is 10.1. The number of halogens is 2. The third-order valence-electron chi connectivity index (χ3n) is 2.72. The van der Waals surface area contributed by atoms with E-state index >= 15 is 0 Å². The van der Waals surface area contributed by atoms with Crippen LogP contribution in [0, 0.1) is 11.6 Å². The van der Waals surface area contributed by atoms with Gasteiger partial charge in [0, 0.05) is 17.0 Å². The van der Waals surface area contributed by atoms with Crippen molar-refractivity contribution in [2.24, 2.45) is 5.73 Å². The molecule has 0 atom stereocenters. The number of hydrogen-bond donors (Lipinski definition) is 1. The molecule has 0 spiro atoms. The number of aromatic nitrogens is 2. The summed E-state index contributed by atoms with van der Waals surface area (Å²) in [5.74, 6) is -0.524. The van der Waals surface area contributed by atoms with Crippen LogP contribution in [0.4, 0.5) is 8.78 Å². The highest BCUT2D eigenvalue weighted by Crippen LogP contribution is 2.29. The van der Waals surface area contributed by atoms with Crippen LogP contribution in [0.15, 0.2) is 29.8 Å². The minimum Gasteiger partial charge on any atom is -0.324 e. The molecule has 0 saturated carbocycles. The summed E-state index contributed by atoms with van der Waals surface area (Å²) in [6.07, 6.45) is 1.69. The second-order valence-corrected chi connectivity index (χ2v) is 4.69. The Bertz CT molecular complexity index is 717. The predicted molar refractivity (Wildman–Crippen MR) is 66.3 cm³/mol. The van der Waals surface area contributed by atoms with E-state index in [-0.39, 0.29) is 6.54 Å². The molecule has 0 fully saturated rings. The van der Waals surface area contributed by atoms with E-state index in [1.807, 2.05) is 5.38 Å². The molecule has 2 heterocycles. The molecule has 0 aliphatic heterocycles. The van der Waals surface area contributed by atoms with Gasteiger partial charge in [-0.05, 0) is 12.1 Å². The Morgan fingerprint density at radius 2 is 2.17 bits per heavy atom. The van der Waals surface area contributed by atoms with Gasteiger partial charge in [-0.1, -0.05) is 0 Å². The van der Waals surface area contributed by atoms with Crippen molar-refractivity contribution in [3.63, 3.8) is 0 Å². The summed E-state index contributed by atoms with van der Waals surface area (Å²) in [6.45, 7) is 0.265. The molecule has 0 aliphatic carbocycles. The maximum Gasteiger partial charge on any atom is 0.135 e. The molecule has 3 rings (SSSR count).